The summed E-state index contributed by atoms with van der Waals surface area (Å²) in [6, 6.07) is 12.9. The second-order valence-corrected chi connectivity index (χ2v) is 6.16. The first kappa shape index (κ1) is 17.3. The summed E-state index contributed by atoms with van der Waals surface area (Å²) in [6.07, 6.45) is 1.66. The van der Waals surface area contributed by atoms with Gasteiger partial charge in [0.2, 0.25) is 5.95 Å². The number of nitrogens with one attached hydrogen (secondary N) is 2. The van der Waals surface area contributed by atoms with Gasteiger partial charge in [-0.1, -0.05) is 29.3 Å². The SMILES string of the molecule is COc1ccc(C)cc1Nc1ccnc(Nc2ccc(Cl)c(Cl)c2)n1. The summed E-state index contributed by atoms with van der Waals surface area (Å²) in [5.74, 6) is 1.82. The van der Waals surface area contributed by atoms with Gasteiger partial charge in [0.15, 0.2) is 0 Å². The Morgan fingerprint density at radius 3 is 2.56 bits per heavy atom. The summed E-state index contributed by atoms with van der Waals surface area (Å²) in [6.45, 7) is 2.02. The molecular formula is C18H16Cl2N4O. The van der Waals surface area contributed by atoms with Gasteiger partial charge in [-0.2, -0.15) is 4.98 Å². The van der Waals surface area contributed by atoms with Crippen molar-refractivity contribution in [2.75, 3.05) is 17.7 Å². The topological polar surface area (TPSA) is 59.1 Å². The summed E-state index contributed by atoms with van der Waals surface area (Å²) >= 11 is 12.0. The normalized spacial score (nSPS) is 10.4. The molecule has 1 heterocycles. The van der Waals surface area contributed by atoms with E-state index in [0.717, 1.165) is 22.7 Å². The summed E-state index contributed by atoms with van der Waals surface area (Å²) in [7, 11) is 1.63. The number of halogens is 2. The summed E-state index contributed by atoms with van der Waals surface area (Å²) in [5, 5.41) is 7.31. The Balaban J connectivity index is 1.82. The van der Waals surface area contributed by atoms with Crippen LogP contribution in [0.15, 0.2) is 48.7 Å². The summed E-state index contributed by atoms with van der Waals surface area (Å²) < 4.78 is 5.37. The molecule has 0 aliphatic heterocycles. The minimum atomic E-state index is 0.440. The van der Waals surface area contributed by atoms with Gasteiger partial charge in [0.05, 0.1) is 22.8 Å². The van der Waals surface area contributed by atoms with Gasteiger partial charge in [-0.3, -0.25) is 0 Å². The van der Waals surface area contributed by atoms with Gasteiger partial charge >= 0.3 is 0 Å². The number of hydrogen-bond donors (Lipinski definition) is 2. The van der Waals surface area contributed by atoms with E-state index in [9.17, 15) is 0 Å². The number of rotatable bonds is 5. The van der Waals surface area contributed by atoms with Crippen LogP contribution in [-0.2, 0) is 0 Å². The van der Waals surface area contributed by atoms with Crippen LogP contribution < -0.4 is 15.4 Å². The molecule has 3 aromatic rings. The number of anilines is 4. The van der Waals surface area contributed by atoms with Crippen molar-refractivity contribution >= 4 is 46.3 Å². The number of benzene rings is 2. The smallest absolute Gasteiger partial charge is 0.229 e. The lowest BCUT2D eigenvalue weighted by Gasteiger charge is -2.12. The molecule has 1 aromatic heterocycles. The molecule has 3 rings (SSSR count). The van der Waals surface area contributed by atoms with Crippen LogP contribution in [0.2, 0.25) is 10.0 Å². The lowest BCUT2D eigenvalue weighted by molar-refractivity contribution is 0.416. The van der Waals surface area contributed by atoms with E-state index < -0.39 is 0 Å². The zero-order valence-corrected chi connectivity index (χ0v) is 15.2. The van der Waals surface area contributed by atoms with Crippen molar-refractivity contribution in [1.82, 2.24) is 9.97 Å². The molecule has 2 aromatic carbocycles. The van der Waals surface area contributed by atoms with Gasteiger partial charge in [0.25, 0.3) is 0 Å². The van der Waals surface area contributed by atoms with Gasteiger partial charge in [0.1, 0.15) is 11.6 Å². The molecule has 0 saturated carbocycles. The fraction of sp³-hybridized carbons (Fsp3) is 0.111. The molecule has 0 bridgehead atoms. The molecule has 2 N–H and O–H groups in total. The Labute approximate surface area is 156 Å². The van der Waals surface area contributed by atoms with Crippen molar-refractivity contribution in [3.8, 4) is 5.75 Å². The van der Waals surface area contributed by atoms with Crippen LogP contribution in [0, 0.1) is 6.92 Å². The Kier molecular flexibility index (Phi) is 5.26. The first-order valence-electron chi connectivity index (χ1n) is 7.52. The fourth-order valence-corrected chi connectivity index (χ4v) is 2.55. The lowest BCUT2D eigenvalue weighted by atomic mass is 10.2. The highest BCUT2D eigenvalue weighted by Gasteiger charge is 2.06. The molecule has 128 valence electrons. The zero-order chi connectivity index (χ0) is 17.8. The van der Waals surface area contributed by atoms with Crippen LogP contribution in [-0.4, -0.2) is 17.1 Å². The number of ether oxygens (including phenoxy) is 1. The largest absolute Gasteiger partial charge is 0.495 e. The maximum Gasteiger partial charge on any atom is 0.229 e. The molecule has 0 spiro atoms. The quantitative estimate of drug-likeness (QED) is 0.609. The molecule has 0 amide bonds. The summed E-state index contributed by atoms with van der Waals surface area (Å²) in [5.41, 5.74) is 2.70. The molecular weight excluding hydrogens is 359 g/mol. The van der Waals surface area contributed by atoms with E-state index in [1.807, 2.05) is 25.1 Å². The Bertz CT molecular complexity index is 902. The van der Waals surface area contributed by atoms with E-state index in [2.05, 4.69) is 20.6 Å². The number of aryl methyl sites for hydroxylation is 1. The number of nitrogens with zero attached hydrogens (tertiary/aromatic N) is 2. The third-order valence-corrected chi connectivity index (χ3v) is 4.19. The van der Waals surface area contributed by atoms with E-state index in [0.29, 0.717) is 21.8 Å². The van der Waals surface area contributed by atoms with Gasteiger partial charge in [-0.15, -0.1) is 0 Å². The second kappa shape index (κ2) is 7.59. The molecule has 0 fully saturated rings. The Morgan fingerprint density at radius 1 is 0.960 bits per heavy atom. The van der Waals surface area contributed by atoms with Gasteiger partial charge in [-0.25, -0.2) is 4.98 Å². The Morgan fingerprint density at radius 2 is 1.80 bits per heavy atom. The molecule has 0 radical (unpaired) electrons. The number of methoxy groups -OCH3 is 1. The molecule has 7 heteroatoms. The van der Waals surface area contributed by atoms with Crippen molar-refractivity contribution in [3.05, 3.63) is 64.3 Å². The van der Waals surface area contributed by atoms with Gasteiger partial charge in [-0.05, 0) is 48.9 Å². The van der Waals surface area contributed by atoms with Crippen molar-refractivity contribution in [3.63, 3.8) is 0 Å². The van der Waals surface area contributed by atoms with E-state index in [4.69, 9.17) is 27.9 Å². The van der Waals surface area contributed by atoms with E-state index >= 15 is 0 Å². The molecule has 0 saturated heterocycles. The predicted octanol–water partition coefficient (Wildman–Crippen LogP) is 5.59. The molecule has 0 atom stereocenters. The Hall–Kier alpha value is -2.50. The lowest BCUT2D eigenvalue weighted by Crippen LogP contribution is -2.01. The van der Waals surface area contributed by atoms with Crippen molar-refractivity contribution in [1.29, 1.82) is 0 Å². The van der Waals surface area contributed by atoms with E-state index in [1.54, 1.807) is 37.6 Å². The summed E-state index contributed by atoms with van der Waals surface area (Å²) in [4.78, 5) is 8.67. The number of hydrogen-bond acceptors (Lipinski definition) is 5. The van der Waals surface area contributed by atoms with Crippen molar-refractivity contribution < 1.29 is 4.74 Å². The molecule has 0 aliphatic rings. The van der Waals surface area contributed by atoms with E-state index in [1.165, 1.54) is 0 Å². The molecule has 0 aliphatic carbocycles. The highest BCUT2D eigenvalue weighted by Crippen LogP contribution is 2.29. The van der Waals surface area contributed by atoms with Crippen LogP contribution in [0.5, 0.6) is 5.75 Å². The molecule has 0 unspecified atom stereocenters. The highest BCUT2D eigenvalue weighted by atomic mass is 35.5. The minimum Gasteiger partial charge on any atom is -0.495 e. The maximum absolute atomic E-state index is 6.03. The number of aromatic nitrogens is 2. The van der Waals surface area contributed by atoms with Crippen molar-refractivity contribution in [2.24, 2.45) is 0 Å². The van der Waals surface area contributed by atoms with Crippen LogP contribution in [0.1, 0.15) is 5.56 Å². The van der Waals surface area contributed by atoms with E-state index in [-0.39, 0.29) is 0 Å². The monoisotopic (exact) mass is 374 g/mol. The third kappa shape index (κ3) is 4.32. The third-order valence-electron chi connectivity index (χ3n) is 3.45. The average Bonchev–Trinajstić information content (AvgIpc) is 2.59. The predicted molar refractivity (Wildman–Crippen MR) is 103 cm³/mol. The molecule has 5 nitrogen and oxygen atoms in total. The highest BCUT2D eigenvalue weighted by molar-refractivity contribution is 6.42. The minimum absolute atomic E-state index is 0.440. The standard InChI is InChI=1S/C18H16Cl2N4O/c1-11-3-6-16(25-2)15(9-11)23-17-7-8-21-18(24-17)22-12-4-5-13(19)14(20)10-12/h3-10H,1-2H3,(H2,21,22,23,24). The maximum atomic E-state index is 6.03. The van der Waals surface area contributed by atoms with Crippen LogP contribution in [0.25, 0.3) is 0 Å². The van der Waals surface area contributed by atoms with Crippen LogP contribution >= 0.6 is 23.2 Å². The van der Waals surface area contributed by atoms with Crippen LogP contribution in [0.4, 0.5) is 23.1 Å². The molecule has 25 heavy (non-hydrogen) atoms. The van der Waals surface area contributed by atoms with Gasteiger partial charge in [0, 0.05) is 11.9 Å². The van der Waals surface area contributed by atoms with Crippen molar-refractivity contribution in [2.45, 2.75) is 6.92 Å². The van der Waals surface area contributed by atoms with Crippen LogP contribution in [0.3, 0.4) is 0 Å². The second-order valence-electron chi connectivity index (χ2n) is 5.35. The van der Waals surface area contributed by atoms with Gasteiger partial charge < -0.3 is 15.4 Å². The first-order valence-corrected chi connectivity index (χ1v) is 8.27. The average molecular weight is 375 g/mol. The zero-order valence-electron chi connectivity index (χ0n) is 13.7. The first-order chi connectivity index (χ1) is 12.0. The fourth-order valence-electron chi connectivity index (χ4n) is 2.25.